The Bertz CT molecular complexity index is 543. The maximum absolute atomic E-state index is 11.5. The van der Waals surface area contributed by atoms with Crippen LogP contribution in [-0.4, -0.2) is 27.9 Å². The molecule has 1 aromatic heterocycles. The molecule has 0 saturated heterocycles. The molecule has 0 bridgehead atoms. The first-order chi connectivity index (χ1) is 8.52. The third-order valence-corrected chi connectivity index (χ3v) is 2.16. The molecule has 18 heavy (non-hydrogen) atoms. The topological polar surface area (TPSA) is 98.2 Å². The monoisotopic (exact) mass is 254 g/mol. The summed E-state index contributed by atoms with van der Waals surface area (Å²) >= 11 is 0. The quantitative estimate of drug-likeness (QED) is 0.687. The molecular weight excluding hydrogens is 240 g/mol. The highest BCUT2D eigenvalue weighted by Gasteiger charge is 2.09. The second-order valence-corrected chi connectivity index (χ2v) is 3.58. The first kappa shape index (κ1) is 13.9. The van der Waals surface area contributed by atoms with Gasteiger partial charge in [-0.05, 0) is 6.92 Å². The molecular formula is C11H14N2O5. The molecule has 98 valence electrons. The summed E-state index contributed by atoms with van der Waals surface area (Å²) in [4.78, 5) is 46.6. The van der Waals surface area contributed by atoms with E-state index in [2.05, 4.69) is 4.74 Å². The summed E-state index contributed by atoms with van der Waals surface area (Å²) < 4.78 is 5.75. The van der Waals surface area contributed by atoms with Crippen LogP contribution in [0.5, 0.6) is 0 Å². The van der Waals surface area contributed by atoms with Gasteiger partial charge in [0.05, 0.1) is 19.6 Å². The van der Waals surface area contributed by atoms with Crippen LogP contribution in [0.25, 0.3) is 0 Å². The highest BCUT2D eigenvalue weighted by Crippen LogP contribution is 1.96. The van der Waals surface area contributed by atoms with Crippen LogP contribution in [0, 0.1) is 0 Å². The van der Waals surface area contributed by atoms with Crippen LogP contribution in [-0.2, 0) is 20.9 Å². The minimum atomic E-state index is -0.646. The molecule has 1 N–H and O–H groups in total. The number of hydrogen-bond donors (Lipinski definition) is 1. The largest absolute Gasteiger partial charge is 0.466 e. The summed E-state index contributed by atoms with van der Waals surface area (Å²) in [5.41, 5.74) is -1.16. The van der Waals surface area contributed by atoms with Crippen LogP contribution < -0.4 is 11.2 Å². The SMILES string of the molecule is CCOC(=O)CCC(=O)Cn1ccc(=O)[nH]c1=O. The predicted octanol–water partition coefficient (Wildman–Crippen LogP) is -0.551. The summed E-state index contributed by atoms with van der Waals surface area (Å²) in [6.07, 6.45) is 1.23. The fourth-order valence-corrected chi connectivity index (χ4v) is 1.31. The first-order valence-corrected chi connectivity index (χ1v) is 5.50. The molecule has 0 aliphatic rings. The van der Waals surface area contributed by atoms with E-state index < -0.39 is 17.2 Å². The van der Waals surface area contributed by atoms with Gasteiger partial charge >= 0.3 is 11.7 Å². The molecule has 0 fully saturated rings. The van der Waals surface area contributed by atoms with Crippen LogP contribution >= 0.6 is 0 Å². The molecule has 0 aliphatic heterocycles. The van der Waals surface area contributed by atoms with Gasteiger partial charge in [-0.15, -0.1) is 0 Å². The first-order valence-electron chi connectivity index (χ1n) is 5.50. The Morgan fingerprint density at radius 3 is 2.67 bits per heavy atom. The van der Waals surface area contributed by atoms with E-state index >= 15 is 0 Å². The Morgan fingerprint density at radius 2 is 2.06 bits per heavy atom. The minimum absolute atomic E-state index is 0.00436. The van der Waals surface area contributed by atoms with Crippen molar-refractivity contribution in [3.63, 3.8) is 0 Å². The second kappa shape index (κ2) is 6.53. The Morgan fingerprint density at radius 1 is 1.33 bits per heavy atom. The third-order valence-electron chi connectivity index (χ3n) is 2.16. The molecule has 1 aromatic rings. The average Bonchev–Trinajstić information content (AvgIpc) is 2.31. The van der Waals surface area contributed by atoms with E-state index in [-0.39, 0.29) is 31.8 Å². The van der Waals surface area contributed by atoms with E-state index in [9.17, 15) is 19.2 Å². The Kier molecular flexibility index (Phi) is 5.04. The van der Waals surface area contributed by atoms with E-state index in [1.165, 1.54) is 6.20 Å². The van der Waals surface area contributed by atoms with Crippen molar-refractivity contribution in [2.45, 2.75) is 26.3 Å². The smallest absolute Gasteiger partial charge is 0.328 e. The number of Topliss-reactive ketones (excluding diaryl/α,β-unsaturated/α-hetero) is 1. The van der Waals surface area contributed by atoms with Crippen LogP contribution in [0.15, 0.2) is 21.9 Å². The van der Waals surface area contributed by atoms with Gasteiger partial charge in [-0.3, -0.25) is 23.9 Å². The highest BCUT2D eigenvalue weighted by molar-refractivity contribution is 5.82. The van der Waals surface area contributed by atoms with E-state index in [0.29, 0.717) is 0 Å². The average molecular weight is 254 g/mol. The Balaban J connectivity index is 2.52. The third kappa shape index (κ3) is 4.36. The lowest BCUT2D eigenvalue weighted by Gasteiger charge is -2.03. The van der Waals surface area contributed by atoms with Crippen molar-refractivity contribution in [1.82, 2.24) is 9.55 Å². The van der Waals surface area contributed by atoms with Gasteiger partial charge in [-0.1, -0.05) is 0 Å². The highest BCUT2D eigenvalue weighted by atomic mass is 16.5. The number of carbonyl (C=O) groups excluding carboxylic acids is 2. The number of carbonyl (C=O) groups is 2. The number of hydrogen-bond acceptors (Lipinski definition) is 5. The lowest BCUT2D eigenvalue weighted by Crippen LogP contribution is -2.30. The molecule has 0 amide bonds. The Hall–Kier alpha value is -2.18. The van der Waals surface area contributed by atoms with Gasteiger partial charge in [0.2, 0.25) is 0 Å². The van der Waals surface area contributed by atoms with E-state index in [0.717, 1.165) is 10.6 Å². The molecule has 1 rings (SSSR count). The van der Waals surface area contributed by atoms with Gasteiger partial charge in [0, 0.05) is 18.7 Å². The number of ether oxygens (including phenoxy) is 1. The fraction of sp³-hybridized carbons (Fsp3) is 0.455. The molecule has 7 heteroatoms. The zero-order valence-corrected chi connectivity index (χ0v) is 9.97. The molecule has 0 spiro atoms. The van der Waals surface area contributed by atoms with Crippen LogP contribution in [0.3, 0.4) is 0 Å². The number of esters is 1. The van der Waals surface area contributed by atoms with Gasteiger partial charge in [0.1, 0.15) is 0 Å². The van der Waals surface area contributed by atoms with Crippen molar-refractivity contribution in [1.29, 1.82) is 0 Å². The summed E-state index contributed by atoms with van der Waals surface area (Å²) in [6, 6.07) is 1.15. The zero-order valence-electron chi connectivity index (χ0n) is 9.97. The summed E-state index contributed by atoms with van der Waals surface area (Å²) in [6.45, 7) is 1.78. The lowest BCUT2D eigenvalue weighted by atomic mass is 10.2. The number of H-pyrrole nitrogens is 1. The zero-order chi connectivity index (χ0) is 13.5. The van der Waals surface area contributed by atoms with Crippen LogP contribution in [0.1, 0.15) is 19.8 Å². The molecule has 0 aliphatic carbocycles. The van der Waals surface area contributed by atoms with Gasteiger partial charge in [0.25, 0.3) is 5.56 Å². The maximum atomic E-state index is 11.5. The molecule has 0 radical (unpaired) electrons. The van der Waals surface area contributed by atoms with Gasteiger partial charge in [-0.2, -0.15) is 0 Å². The number of nitrogens with zero attached hydrogens (tertiary/aromatic N) is 1. The van der Waals surface area contributed by atoms with Crippen LogP contribution in [0.4, 0.5) is 0 Å². The maximum Gasteiger partial charge on any atom is 0.328 e. The van der Waals surface area contributed by atoms with Crippen molar-refractivity contribution >= 4 is 11.8 Å². The van der Waals surface area contributed by atoms with E-state index in [4.69, 9.17) is 0 Å². The number of ketones is 1. The number of rotatable bonds is 6. The Labute approximate surface area is 102 Å². The van der Waals surface area contributed by atoms with E-state index in [1.54, 1.807) is 6.92 Å². The molecule has 0 aromatic carbocycles. The van der Waals surface area contributed by atoms with Gasteiger partial charge in [-0.25, -0.2) is 4.79 Å². The van der Waals surface area contributed by atoms with Crippen molar-refractivity contribution in [2.24, 2.45) is 0 Å². The second-order valence-electron chi connectivity index (χ2n) is 3.58. The minimum Gasteiger partial charge on any atom is -0.466 e. The number of aromatic nitrogens is 2. The summed E-state index contributed by atoms with van der Waals surface area (Å²) in [7, 11) is 0. The van der Waals surface area contributed by atoms with Crippen LogP contribution in [0.2, 0.25) is 0 Å². The lowest BCUT2D eigenvalue weighted by molar-refractivity contribution is -0.144. The molecule has 7 nitrogen and oxygen atoms in total. The molecule has 0 atom stereocenters. The summed E-state index contributed by atoms with van der Waals surface area (Å²) in [5, 5.41) is 0. The van der Waals surface area contributed by atoms with E-state index in [1.807, 2.05) is 4.98 Å². The fourth-order valence-electron chi connectivity index (χ4n) is 1.31. The number of aromatic amines is 1. The standard InChI is InChI=1S/C11H14N2O5/c1-2-18-10(16)4-3-8(14)7-13-6-5-9(15)12-11(13)17/h5-6H,2-4,7H2,1H3,(H,12,15,17). The van der Waals surface area contributed by atoms with Crippen molar-refractivity contribution in [3.05, 3.63) is 33.1 Å². The normalized spacial score (nSPS) is 10.1. The molecule has 1 heterocycles. The van der Waals surface area contributed by atoms with Crippen molar-refractivity contribution in [2.75, 3.05) is 6.61 Å². The van der Waals surface area contributed by atoms with Gasteiger partial charge < -0.3 is 4.74 Å². The predicted molar refractivity (Wildman–Crippen MR) is 62.2 cm³/mol. The van der Waals surface area contributed by atoms with Crippen molar-refractivity contribution < 1.29 is 14.3 Å². The number of nitrogens with one attached hydrogen (secondary N) is 1. The summed E-state index contributed by atoms with van der Waals surface area (Å²) in [5.74, 6) is -0.725. The molecule has 0 saturated carbocycles. The van der Waals surface area contributed by atoms with Gasteiger partial charge in [0.15, 0.2) is 5.78 Å². The molecule has 0 unspecified atom stereocenters. The van der Waals surface area contributed by atoms with Crippen molar-refractivity contribution in [3.8, 4) is 0 Å².